The largest absolute Gasteiger partial charge is 0.371 e. The molecule has 0 aliphatic rings. The summed E-state index contributed by atoms with van der Waals surface area (Å²) in [6.45, 7) is 6.15. The second-order valence-corrected chi connectivity index (χ2v) is 2.42. The van der Waals surface area contributed by atoms with E-state index in [1.807, 2.05) is 13.8 Å². The van der Waals surface area contributed by atoms with E-state index in [1.54, 1.807) is 6.92 Å². The lowest BCUT2D eigenvalue weighted by atomic mass is 10.1. The molecular formula is C10H16O2. The fourth-order valence-corrected chi connectivity index (χ4v) is 0.929. The first kappa shape index (κ1) is 11.2. The van der Waals surface area contributed by atoms with Crippen LogP contribution in [-0.2, 0) is 9.53 Å². The Kier molecular flexibility index (Phi) is 6.41. The van der Waals surface area contributed by atoms with Crippen LogP contribution in [0, 0.1) is 11.8 Å². The molecule has 0 spiro atoms. The number of carbonyl (C=O) groups is 1. The van der Waals surface area contributed by atoms with Gasteiger partial charge in [-0.05, 0) is 20.3 Å². The maximum Gasteiger partial charge on any atom is 0.173 e. The Hall–Kier alpha value is -0.810. The Morgan fingerprint density at radius 3 is 2.58 bits per heavy atom. The molecule has 2 heteroatoms. The maximum atomic E-state index is 11.3. The Labute approximate surface area is 74.3 Å². The molecule has 0 fully saturated rings. The molecule has 2 nitrogen and oxygen atoms in total. The van der Waals surface area contributed by atoms with Crippen LogP contribution in [0.4, 0.5) is 0 Å². The van der Waals surface area contributed by atoms with Crippen molar-refractivity contribution in [2.45, 2.75) is 39.7 Å². The highest BCUT2D eigenvalue weighted by Gasteiger charge is 2.14. The Bertz CT molecular complexity index is 186. The van der Waals surface area contributed by atoms with Crippen LogP contribution in [0.1, 0.15) is 33.6 Å². The van der Waals surface area contributed by atoms with Gasteiger partial charge in [0.25, 0.3) is 0 Å². The quantitative estimate of drug-likeness (QED) is 0.585. The number of rotatable bonds is 5. The summed E-state index contributed by atoms with van der Waals surface area (Å²) in [5.41, 5.74) is 0. The van der Waals surface area contributed by atoms with E-state index in [-0.39, 0.29) is 11.9 Å². The SMILES string of the molecule is CC#CCC(=O)C(CC)OCC. The highest BCUT2D eigenvalue weighted by atomic mass is 16.5. The van der Waals surface area contributed by atoms with Crippen molar-refractivity contribution in [3.8, 4) is 11.8 Å². The van der Waals surface area contributed by atoms with Crippen LogP contribution in [-0.4, -0.2) is 18.5 Å². The van der Waals surface area contributed by atoms with E-state index in [4.69, 9.17) is 4.74 Å². The Morgan fingerprint density at radius 1 is 1.50 bits per heavy atom. The molecule has 0 bridgehead atoms. The van der Waals surface area contributed by atoms with E-state index in [9.17, 15) is 4.79 Å². The number of ketones is 1. The molecule has 0 aliphatic heterocycles. The van der Waals surface area contributed by atoms with E-state index in [2.05, 4.69) is 11.8 Å². The summed E-state index contributed by atoms with van der Waals surface area (Å²) >= 11 is 0. The van der Waals surface area contributed by atoms with Crippen molar-refractivity contribution in [3.05, 3.63) is 0 Å². The molecule has 0 rings (SSSR count). The summed E-state index contributed by atoms with van der Waals surface area (Å²) in [5.74, 6) is 5.53. The second kappa shape index (κ2) is 6.87. The fourth-order valence-electron chi connectivity index (χ4n) is 0.929. The predicted octanol–water partition coefficient (Wildman–Crippen LogP) is 1.78. The third-order valence-corrected chi connectivity index (χ3v) is 1.54. The van der Waals surface area contributed by atoms with Crippen LogP contribution in [0.25, 0.3) is 0 Å². The molecule has 0 amide bonds. The highest BCUT2D eigenvalue weighted by molar-refractivity contribution is 5.85. The minimum atomic E-state index is -0.254. The molecule has 0 radical (unpaired) electrons. The standard InChI is InChI=1S/C10H16O2/c1-4-7-8-9(11)10(5-2)12-6-3/h10H,5-6,8H2,1-3H3. The van der Waals surface area contributed by atoms with Crippen molar-refractivity contribution in [3.63, 3.8) is 0 Å². The van der Waals surface area contributed by atoms with Crippen LogP contribution >= 0.6 is 0 Å². The average Bonchev–Trinajstić information content (AvgIpc) is 2.10. The predicted molar refractivity (Wildman–Crippen MR) is 48.8 cm³/mol. The number of carbonyl (C=O) groups excluding carboxylic acids is 1. The molecule has 0 aromatic rings. The molecule has 0 saturated carbocycles. The third-order valence-electron chi connectivity index (χ3n) is 1.54. The van der Waals surface area contributed by atoms with Gasteiger partial charge in [-0.3, -0.25) is 4.79 Å². The van der Waals surface area contributed by atoms with Crippen molar-refractivity contribution < 1.29 is 9.53 Å². The van der Waals surface area contributed by atoms with Gasteiger partial charge in [0.1, 0.15) is 6.10 Å². The average molecular weight is 168 g/mol. The molecule has 0 heterocycles. The molecule has 0 saturated heterocycles. The zero-order chi connectivity index (χ0) is 9.40. The summed E-state index contributed by atoms with van der Waals surface area (Å²) in [6, 6.07) is 0. The lowest BCUT2D eigenvalue weighted by Gasteiger charge is -2.11. The number of Topliss-reactive ketones (excluding diaryl/α,β-unsaturated/α-hetero) is 1. The zero-order valence-corrected chi connectivity index (χ0v) is 8.02. The number of ether oxygens (including phenoxy) is 1. The van der Waals surface area contributed by atoms with Gasteiger partial charge in [-0.2, -0.15) is 0 Å². The van der Waals surface area contributed by atoms with Crippen molar-refractivity contribution in [1.82, 2.24) is 0 Å². The molecule has 68 valence electrons. The summed E-state index contributed by atoms with van der Waals surface area (Å²) < 4.78 is 5.23. The molecular weight excluding hydrogens is 152 g/mol. The Morgan fingerprint density at radius 2 is 2.17 bits per heavy atom. The normalized spacial score (nSPS) is 11.6. The molecule has 1 unspecified atom stereocenters. The van der Waals surface area contributed by atoms with Gasteiger partial charge in [-0.25, -0.2) is 0 Å². The van der Waals surface area contributed by atoms with Crippen molar-refractivity contribution in [2.24, 2.45) is 0 Å². The summed E-state index contributed by atoms with van der Waals surface area (Å²) in [5, 5.41) is 0. The molecule has 0 N–H and O–H groups in total. The van der Waals surface area contributed by atoms with Gasteiger partial charge in [0.15, 0.2) is 5.78 Å². The minimum Gasteiger partial charge on any atom is -0.371 e. The number of hydrogen-bond acceptors (Lipinski definition) is 2. The van der Waals surface area contributed by atoms with Gasteiger partial charge in [0.2, 0.25) is 0 Å². The number of hydrogen-bond donors (Lipinski definition) is 0. The second-order valence-electron chi connectivity index (χ2n) is 2.42. The first-order valence-corrected chi connectivity index (χ1v) is 4.30. The fraction of sp³-hybridized carbons (Fsp3) is 0.700. The van der Waals surface area contributed by atoms with E-state index >= 15 is 0 Å². The Balaban J connectivity index is 3.90. The summed E-state index contributed by atoms with van der Waals surface area (Å²) in [6.07, 6.45) is 0.795. The van der Waals surface area contributed by atoms with E-state index < -0.39 is 0 Å². The van der Waals surface area contributed by atoms with Gasteiger partial charge >= 0.3 is 0 Å². The first-order chi connectivity index (χ1) is 5.76. The van der Waals surface area contributed by atoms with Crippen molar-refractivity contribution in [2.75, 3.05) is 6.61 Å². The maximum absolute atomic E-state index is 11.3. The van der Waals surface area contributed by atoms with Crippen molar-refractivity contribution in [1.29, 1.82) is 0 Å². The lowest BCUT2D eigenvalue weighted by Crippen LogP contribution is -2.22. The van der Waals surface area contributed by atoms with Crippen LogP contribution in [0.5, 0.6) is 0 Å². The third kappa shape index (κ3) is 4.15. The molecule has 0 aromatic heterocycles. The van der Waals surface area contributed by atoms with Gasteiger partial charge in [-0.15, -0.1) is 5.92 Å². The smallest absolute Gasteiger partial charge is 0.173 e. The first-order valence-electron chi connectivity index (χ1n) is 4.30. The van der Waals surface area contributed by atoms with Crippen LogP contribution in [0.2, 0.25) is 0 Å². The van der Waals surface area contributed by atoms with E-state index in [0.717, 1.165) is 6.42 Å². The van der Waals surface area contributed by atoms with Gasteiger partial charge < -0.3 is 4.74 Å². The van der Waals surface area contributed by atoms with Gasteiger partial charge in [-0.1, -0.05) is 12.8 Å². The molecule has 12 heavy (non-hydrogen) atoms. The van der Waals surface area contributed by atoms with Gasteiger partial charge in [0, 0.05) is 6.61 Å². The van der Waals surface area contributed by atoms with E-state index in [0.29, 0.717) is 13.0 Å². The summed E-state index contributed by atoms with van der Waals surface area (Å²) in [4.78, 5) is 11.3. The molecule has 0 aromatic carbocycles. The molecule has 0 aliphatic carbocycles. The lowest BCUT2D eigenvalue weighted by molar-refractivity contribution is -0.129. The van der Waals surface area contributed by atoms with Crippen LogP contribution in [0.3, 0.4) is 0 Å². The van der Waals surface area contributed by atoms with Crippen molar-refractivity contribution >= 4 is 5.78 Å². The van der Waals surface area contributed by atoms with Crippen LogP contribution < -0.4 is 0 Å². The topological polar surface area (TPSA) is 26.3 Å². The van der Waals surface area contributed by atoms with Gasteiger partial charge in [0.05, 0.1) is 6.42 Å². The molecule has 1 atom stereocenters. The summed E-state index contributed by atoms with van der Waals surface area (Å²) in [7, 11) is 0. The highest BCUT2D eigenvalue weighted by Crippen LogP contribution is 2.01. The van der Waals surface area contributed by atoms with Crippen LogP contribution in [0.15, 0.2) is 0 Å². The monoisotopic (exact) mass is 168 g/mol. The zero-order valence-electron chi connectivity index (χ0n) is 8.02. The van der Waals surface area contributed by atoms with E-state index in [1.165, 1.54) is 0 Å². The minimum absolute atomic E-state index is 0.0914.